The second-order valence-electron chi connectivity index (χ2n) is 16.6. The van der Waals surface area contributed by atoms with Gasteiger partial charge in [-0.1, -0.05) is 0 Å². The summed E-state index contributed by atoms with van der Waals surface area (Å²) in [6, 6.07) is 7.41. The average molecular weight is 919 g/mol. The summed E-state index contributed by atoms with van der Waals surface area (Å²) in [5.74, 6) is 1.15. The highest BCUT2D eigenvalue weighted by Gasteiger charge is 2.27. The first-order chi connectivity index (χ1) is 30.5. The molecule has 350 valence electrons. The second kappa shape index (κ2) is 22.5. The Morgan fingerprint density at radius 2 is 1.08 bits per heavy atom. The quantitative estimate of drug-likeness (QED) is 0.104. The van der Waals surface area contributed by atoms with Crippen molar-refractivity contribution < 1.29 is 37.7 Å². The van der Waals surface area contributed by atoms with Gasteiger partial charge in [0.1, 0.15) is 34.5 Å². The van der Waals surface area contributed by atoms with Crippen LogP contribution in [-0.2, 0) is 25.1 Å². The van der Waals surface area contributed by atoms with Crippen LogP contribution in [0.25, 0.3) is 0 Å². The maximum atomic E-state index is 12.2. The number of anilines is 7. The molecule has 6 heterocycles. The molecule has 65 heavy (non-hydrogen) atoms. The number of nitrogens with zero attached hydrogens (tertiary/aromatic N) is 10. The third-order valence-electron chi connectivity index (χ3n) is 9.17. The van der Waals surface area contributed by atoms with Gasteiger partial charge in [-0.2, -0.15) is 4.98 Å². The molecule has 23 heteroatoms. The maximum absolute atomic E-state index is 12.2. The lowest BCUT2D eigenvalue weighted by Crippen LogP contribution is -2.50. The first-order valence-electron chi connectivity index (χ1n) is 20.5. The Balaban J connectivity index is 0.000000231. The summed E-state index contributed by atoms with van der Waals surface area (Å²) < 4.78 is 21.7. The minimum absolute atomic E-state index is 0.0766. The third-order valence-corrected chi connectivity index (χ3v) is 9.88. The fraction of sp³-hybridized carbons (Fsp3) is 0.452. The highest BCUT2D eigenvalue weighted by atomic mass is 32.2. The number of hydrogen-bond donors (Lipinski definition) is 4. The molecule has 0 spiro atoms. The van der Waals surface area contributed by atoms with E-state index >= 15 is 0 Å². The van der Waals surface area contributed by atoms with Gasteiger partial charge >= 0.3 is 12.2 Å². The van der Waals surface area contributed by atoms with Gasteiger partial charge in [0, 0.05) is 71.0 Å². The molecule has 2 saturated heterocycles. The molecule has 1 atom stereocenters. The zero-order valence-corrected chi connectivity index (χ0v) is 39.0. The zero-order valence-electron chi connectivity index (χ0n) is 38.2. The van der Waals surface area contributed by atoms with E-state index in [1.165, 1.54) is 32.5 Å². The number of ketones is 2. The number of amides is 3. The van der Waals surface area contributed by atoms with E-state index in [1.807, 2.05) is 59.7 Å². The maximum Gasteiger partial charge on any atom is 0.410 e. The van der Waals surface area contributed by atoms with E-state index in [4.69, 9.17) is 20.9 Å². The van der Waals surface area contributed by atoms with Crippen molar-refractivity contribution in [1.29, 1.82) is 0 Å². The summed E-state index contributed by atoms with van der Waals surface area (Å²) in [4.78, 5) is 88.8. The van der Waals surface area contributed by atoms with Crippen molar-refractivity contribution in [1.82, 2.24) is 39.7 Å². The molecule has 2 fully saturated rings. The molecule has 0 bridgehead atoms. The predicted octanol–water partition coefficient (Wildman–Crippen LogP) is 4.16. The Morgan fingerprint density at radius 1 is 0.646 bits per heavy atom. The number of pyridine rings is 2. The molecule has 1 unspecified atom stereocenters. The SMILES string of the molecule is CC(=O)c1cnc(Nc2ccc(N3CCN(C(=O)OC(C)(C)C)CC3)cn2)nc1N.CC(=O)c1cnc(S(C)=O)nc1N.CC(C)(C)OC(=O)N1CCN(c2ccc(NC=O)nc2)CC1. The number of carbonyl (C=O) groups is 5. The summed E-state index contributed by atoms with van der Waals surface area (Å²) in [7, 11) is -1.27. The number of piperazine rings is 2. The third kappa shape index (κ3) is 15.9. The Bertz CT molecular complexity index is 2310. The molecule has 4 aromatic heterocycles. The van der Waals surface area contributed by atoms with Gasteiger partial charge < -0.3 is 51.2 Å². The summed E-state index contributed by atoms with van der Waals surface area (Å²) >= 11 is 0. The van der Waals surface area contributed by atoms with Crippen LogP contribution in [0.2, 0.25) is 0 Å². The highest BCUT2D eigenvalue weighted by Crippen LogP contribution is 2.22. The Labute approximate surface area is 380 Å². The van der Waals surface area contributed by atoms with Crippen molar-refractivity contribution in [2.45, 2.75) is 71.7 Å². The Kier molecular flexibility index (Phi) is 17.5. The van der Waals surface area contributed by atoms with Crippen LogP contribution in [0, 0.1) is 0 Å². The second-order valence-corrected chi connectivity index (χ2v) is 17.9. The van der Waals surface area contributed by atoms with E-state index in [0.717, 1.165) is 24.5 Å². The molecule has 22 nitrogen and oxygen atoms in total. The van der Waals surface area contributed by atoms with Gasteiger partial charge in [0.05, 0.1) is 45.7 Å². The van der Waals surface area contributed by atoms with E-state index in [-0.39, 0.29) is 57.6 Å². The smallest absolute Gasteiger partial charge is 0.410 e. The standard InChI is InChI=1S/C20H27N7O3.C15H22N4O3.C7H9N3O2S/c1-13(28)15-12-23-18(25-17(15)21)24-16-6-5-14(11-22-16)26-7-9-27(10-8-26)19(29)30-20(2,3)4;1-15(2,3)22-14(21)19-8-6-18(7-9-19)12-4-5-13(16-10-12)17-11-20;1-4(11)5-3-9-7(13(2)12)10-6(5)8/h5-6,11-12H,7-10H2,1-4H3,(H3,21,22,23,24,25);4-5,10-11H,6-9H2,1-3H3,(H,16,17,20);3H,1-2H3,(H2,8,9,10). The number of nitrogens with two attached hydrogens (primary N) is 2. The normalized spacial score (nSPS) is 14.4. The van der Waals surface area contributed by atoms with Crippen molar-refractivity contribution in [3.8, 4) is 0 Å². The van der Waals surface area contributed by atoms with E-state index < -0.39 is 22.0 Å². The minimum atomic E-state index is -1.27. The van der Waals surface area contributed by atoms with Gasteiger partial charge in [-0.3, -0.25) is 18.6 Å². The van der Waals surface area contributed by atoms with Crippen molar-refractivity contribution in [3.63, 3.8) is 0 Å². The number of aromatic nitrogens is 6. The molecule has 4 aromatic rings. The molecular formula is C42H58N14O8S. The number of ether oxygens (including phenoxy) is 2. The van der Waals surface area contributed by atoms with Crippen LogP contribution in [0.3, 0.4) is 0 Å². The summed E-state index contributed by atoms with van der Waals surface area (Å²) in [5, 5.41) is 5.62. The van der Waals surface area contributed by atoms with Gasteiger partial charge in [0.15, 0.2) is 11.6 Å². The monoisotopic (exact) mass is 918 g/mol. The van der Waals surface area contributed by atoms with Crippen LogP contribution >= 0.6 is 0 Å². The minimum Gasteiger partial charge on any atom is -0.444 e. The molecule has 0 aliphatic carbocycles. The molecule has 6 rings (SSSR count). The fourth-order valence-corrected chi connectivity index (χ4v) is 6.37. The molecule has 0 saturated carbocycles. The molecule has 0 aromatic carbocycles. The summed E-state index contributed by atoms with van der Waals surface area (Å²) in [6.07, 6.45) is 7.65. The van der Waals surface area contributed by atoms with Crippen LogP contribution in [0.1, 0.15) is 76.1 Å². The number of carbonyl (C=O) groups excluding carboxylic acids is 5. The van der Waals surface area contributed by atoms with Gasteiger partial charge in [-0.05, 0) is 79.7 Å². The van der Waals surface area contributed by atoms with E-state index in [9.17, 15) is 28.2 Å². The number of rotatable bonds is 9. The largest absolute Gasteiger partial charge is 0.444 e. The molecule has 2 aliphatic rings. The number of hydrogen-bond acceptors (Lipinski definition) is 19. The first kappa shape index (κ1) is 50.6. The topological polar surface area (TPSA) is 287 Å². The van der Waals surface area contributed by atoms with E-state index in [2.05, 4.69) is 50.3 Å². The molecule has 3 amide bonds. The van der Waals surface area contributed by atoms with Crippen molar-refractivity contribution in [3.05, 3.63) is 60.2 Å². The van der Waals surface area contributed by atoms with Crippen molar-refractivity contribution in [2.24, 2.45) is 0 Å². The van der Waals surface area contributed by atoms with Gasteiger partial charge in [-0.25, -0.2) is 34.5 Å². The zero-order chi connectivity index (χ0) is 48.1. The van der Waals surface area contributed by atoms with Crippen LogP contribution in [-0.4, -0.2) is 144 Å². The van der Waals surface area contributed by atoms with E-state index in [0.29, 0.717) is 57.3 Å². The first-order valence-corrected chi connectivity index (χ1v) is 22.0. The summed E-state index contributed by atoms with van der Waals surface area (Å²) in [5.41, 5.74) is 12.7. The number of nitrogens with one attached hydrogen (secondary N) is 2. The Morgan fingerprint density at radius 3 is 1.43 bits per heavy atom. The van der Waals surface area contributed by atoms with Crippen molar-refractivity contribution in [2.75, 3.05) is 90.5 Å². The van der Waals surface area contributed by atoms with Gasteiger partial charge in [-0.15, -0.1) is 0 Å². The molecular weight excluding hydrogens is 861 g/mol. The summed E-state index contributed by atoms with van der Waals surface area (Å²) in [6.45, 7) is 19.2. The lowest BCUT2D eigenvalue weighted by molar-refractivity contribution is -0.105. The van der Waals surface area contributed by atoms with Crippen LogP contribution < -0.4 is 31.9 Å². The average Bonchev–Trinajstić information content (AvgIpc) is 3.23. The van der Waals surface area contributed by atoms with Crippen LogP contribution in [0.15, 0.2) is 54.2 Å². The molecule has 2 aliphatic heterocycles. The van der Waals surface area contributed by atoms with E-state index in [1.54, 1.807) is 28.3 Å². The number of nitrogen functional groups attached to an aromatic ring is 2. The van der Waals surface area contributed by atoms with Gasteiger partial charge in [0.2, 0.25) is 17.5 Å². The lowest BCUT2D eigenvalue weighted by Gasteiger charge is -2.36. The van der Waals surface area contributed by atoms with Crippen LogP contribution in [0.4, 0.5) is 50.2 Å². The van der Waals surface area contributed by atoms with Gasteiger partial charge in [0.25, 0.3) is 0 Å². The Hall–Kier alpha value is -7.04. The lowest BCUT2D eigenvalue weighted by atomic mass is 10.2. The highest BCUT2D eigenvalue weighted by molar-refractivity contribution is 7.84. The molecule has 6 N–H and O–H groups in total. The fourth-order valence-electron chi connectivity index (χ4n) is 5.94. The van der Waals surface area contributed by atoms with Crippen LogP contribution in [0.5, 0.6) is 0 Å². The molecule has 0 radical (unpaired) electrons. The number of Topliss-reactive ketones (excluding diaryl/α,β-unsaturated/α-hetero) is 2. The predicted molar refractivity (Wildman–Crippen MR) is 247 cm³/mol. The van der Waals surface area contributed by atoms with Crippen molar-refractivity contribution >= 4 is 81.6 Å².